The van der Waals surface area contributed by atoms with E-state index in [1.54, 1.807) is 0 Å². The van der Waals surface area contributed by atoms with Gasteiger partial charge in [-0.2, -0.15) is 0 Å². The Labute approximate surface area is 72.2 Å². The van der Waals surface area contributed by atoms with Crippen LogP contribution >= 0.6 is 22.6 Å². The normalized spacial score (nSPS) is 7.80. The van der Waals surface area contributed by atoms with E-state index in [0.29, 0.717) is 0 Å². The Bertz CT molecular complexity index is 181. The molecule has 1 rings (SSSR count). The highest BCUT2D eigenvalue weighted by molar-refractivity contribution is 14.1. The van der Waals surface area contributed by atoms with Crippen LogP contribution in [0.5, 0.6) is 0 Å². The molecule has 0 aromatic carbocycles. The number of hydrogen-bond acceptors (Lipinski definition) is 2. The third kappa shape index (κ3) is 2.86. The molecule has 0 bridgehead atoms. The highest BCUT2D eigenvalue weighted by atomic mass is 127. The van der Waals surface area contributed by atoms with E-state index < -0.39 is 5.97 Å². The summed E-state index contributed by atoms with van der Waals surface area (Å²) in [7, 11) is 0. The van der Waals surface area contributed by atoms with Gasteiger partial charge in [0.1, 0.15) is 0 Å². The second-order valence-corrected chi connectivity index (χ2v) is 1.28. The Balaban J connectivity index is 0.000000371. The lowest BCUT2D eigenvalue weighted by Gasteiger charge is -1.79. The molecule has 10 heavy (non-hydrogen) atoms. The molecule has 1 heterocycles. The molecule has 1 N–H and O–H groups in total. The van der Waals surface area contributed by atoms with E-state index in [0.717, 1.165) is 0 Å². The molecule has 0 aliphatic carbocycles. The summed E-state index contributed by atoms with van der Waals surface area (Å²) in [5.74, 6) is -1.06. The van der Waals surface area contributed by atoms with Crippen molar-refractivity contribution in [3.05, 3.63) is 24.2 Å². The highest BCUT2D eigenvalue weighted by Gasteiger charge is 2.01. The van der Waals surface area contributed by atoms with Crippen LogP contribution in [0.2, 0.25) is 0 Å². The van der Waals surface area contributed by atoms with Crippen molar-refractivity contribution in [1.29, 1.82) is 0 Å². The van der Waals surface area contributed by atoms with Gasteiger partial charge >= 0.3 is 5.97 Å². The maximum Gasteiger partial charge on any atom is 0.371 e. The van der Waals surface area contributed by atoms with Crippen molar-refractivity contribution in [2.24, 2.45) is 0 Å². The minimum atomic E-state index is -1.03. The lowest BCUT2D eigenvalue weighted by atomic mass is 10.5. The standard InChI is InChI=1S/C5H4O3.CH3I/c6-5(7)4-2-1-3-8-4;1-2/h1-3H,(H,6,7);1H3. The van der Waals surface area contributed by atoms with Gasteiger partial charge in [-0.25, -0.2) is 4.79 Å². The second kappa shape index (κ2) is 5.28. The maximum atomic E-state index is 9.97. The van der Waals surface area contributed by atoms with Crippen molar-refractivity contribution in [3.63, 3.8) is 0 Å². The van der Waals surface area contributed by atoms with Gasteiger partial charge in [0, 0.05) is 0 Å². The molecule has 0 atom stereocenters. The summed E-state index contributed by atoms with van der Waals surface area (Å²) in [6.07, 6.45) is 1.32. The molecule has 0 aliphatic rings. The third-order valence-corrected chi connectivity index (χ3v) is 0.732. The second-order valence-electron chi connectivity index (χ2n) is 1.28. The van der Waals surface area contributed by atoms with Gasteiger partial charge in [0.05, 0.1) is 6.26 Å². The average Bonchev–Trinajstić information content (AvgIpc) is 2.42. The fourth-order valence-electron chi connectivity index (χ4n) is 0.400. The van der Waals surface area contributed by atoms with Crippen LogP contribution in [0, 0.1) is 0 Å². The Morgan fingerprint density at radius 3 is 2.50 bits per heavy atom. The Hall–Kier alpha value is -0.520. The average molecular weight is 254 g/mol. The van der Waals surface area contributed by atoms with Gasteiger partial charge in [-0.05, 0) is 17.1 Å². The summed E-state index contributed by atoms with van der Waals surface area (Å²) in [4.78, 5) is 11.9. The molecule has 0 saturated carbocycles. The zero-order chi connectivity index (χ0) is 7.98. The molecule has 3 nitrogen and oxygen atoms in total. The summed E-state index contributed by atoms with van der Waals surface area (Å²) in [5.41, 5.74) is 0. The van der Waals surface area contributed by atoms with Gasteiger partial charge in [-0.1, -0.05) is 22.6 Å². The minimum Gasteiger partial charge on any atom is -0.475 e. The maximum absolute atomic E-state index is 9.97. The fourth-order valence-corrected chi connectivity index (χ4v) is 0.400. The largest absolute Gasteiger partial charge is 0.475 e. The van der Waals surface area contributed by atoms with Crippen molar-refractivity contribution in [2.75, 3.05) is 4.93 Å². The van der Waals surface area contributed by atoms with Gasteiger partial charge in [-0.3, -0.25) is 0 Å². The molecule has 0 amide bonds. The Morgan fingerprint density at radius 2 is 2.30 bits per heavy atom. The minimum absolute atomic E-state index is 0.0231. The topological polar surface area (TPSA) is 50.4 Å². The summed E-state index contributed by atoms with van der Waals surface area (Å²) in [5, 5.41) is 8.18. The van der Waals surface area contributed by atoms with E-state index in [2.05, 4.69) is 27.0 Å². The van der Waals surface area contributed by atoms with Crippen molar-refractivity contribution >= 4 is 28.6 Å². The number of alkyl halides is 1. The summed E-state index contributed by atoms with van der Waals surface area (Å²) < 4.78 is 4.50. The highest BCUT2D eigenvalue weighted by Crippen LogP contribution is 1.97. The van der Waals surface area contributed by atoms with Crippen LogP contribution in [0.3, 0.4) is 0 Å². The number of carboxylic acids is 1. The number of aromatic carboxylic acids is 1. The molecular weight excluding hydrogens is 247 g/mol. The first kappa shape index (κ1) is 9.48. The first-order valence-corrected chi connectivity index (χ1v) is 4.61. The quantitative estimate of drug-likeness (QED) is 0.616. The van der Waals surface area contributed by atoms with E-state index in [9.17, 15) is 4.79 Å². The fraction of sp³-hybridized carbons (Fsp3) is 0.167. The number of rotatable bonds is 1. The molecular formula is C6H7IO3. The first-order chi connectivity index (χ1) is 4.80. The number of furan rings is 1. The van der Waals surface area contributed by atoms with Crippen molar-refractivity contribution in [2.45, 2.75) is 0 Å². The summed E-state index contributed by atoms with van der Waals surface area (Å²) in [6, 6.07) is 2.92. The van der Waals surface area contributed by atoms with E-state index in [4.69, 9.17) is 5.11 Å². The van der Waals surface area contributed by atoms with Crippen LogP contribution in [-0.4, -0.2) is 16.0 Å². The van der Waals surface area contributed by atoms with Crippen LogP contribution in [0.1, 0.15) is 10.6 Å². The van der Waals surface area contributed by atoms with Crippen LogP contribution in [0.4, 0.5) is 0 Å². The predicted octanol–water partition coefficient (Wildman–Crippen LogP) is 2.03. The van der Waals surface area contributed by atoms with Crippen LogP contribution < -0.4 is 0 Å². The molecule has 0 aliphatic heterocycles. The molecule has 0 unspecified atom stereocenters. The van der Waals surface area contributed by atoms with Gasteiger partial charge in [0.15, 0.2) is 0 Å². The number of hydrogen-bond donors (Lipinski definition) is 1. The lowest BCUT2D eigenvalue weighted by Crippen LogP contribution is -1.90. The Kier molecular flexibility index (Phi) is 5.00. The zero-order valence-corrected chi connectivity index (χ0v) is 7.53. The monoisotopic (exact) mass is 254 g/mol. The Morgan fingerprint density at radius 1 is 1.70 bits per heavy atom. The van der Waals surface area contributed by atoms with Gasteiger partial charge in [0.2, 0.25) is 5.76 Å². The van der Waals surface area contributed by atoms with Crippen LogP contribution in [-0.2, 0) is 0 Å². The predicted molar refractivity (Wildman–Crippen MR) is 45.6 cm³/mol. The van der Waals surface area contributed by atoms with E-state index in [-0.39, 0.29) is 5.76 Å². The smallest absolute Gasteiger partial charge is 0.371 e. The van der Waals surface area contributed by atoms with Gasteiger partial charge in [-0.15, -0.1) is 0 Å². The molecule has 56 valence electrons. The molecule has 0 fully saturated rings. The number of carboxylic acid groups (broad SMARTS) is 1. The van der Waals surface area contributed by atoms with E-state index >= 15 is 0 Å². The molecule has 0 radical (unpaired) electrons. The lowest BCUT2D eigenvalue weighted by molar-refractivity contribution is 0.0662. The number of carbonyl (C=O) groups is 1. The molecule has 4 heteroatoms. The third-order valence-electron chi connectivity index (χ3n) is 0.732. The van der Waals surface area contributed by atoms with Crippen molar-refractivity contribution in [1.82, 2.24) is 0 Å². The van der Waals surface area contributed by atoms with Crippen molar-refractivity contribution < 1.29 is 14.3 Å². The van der Waals surface area contributed by atoms with Crippen LogP contribution in [0.15, 0.2) is 22.8 Å². The van der Waals surface area contributed by atoms with Gasteiger partial charge < -0.3 is 9.52 Å². The molecule has 1 aromatic rings. The van der Waals surface area contributed by atoms with Crippen molar-refractivity contribution in [3.8, 4) is 0 Å². The van der Waals surface area contributed by atoms with E-state index in [1.165, 1.54) is 18.4 Å². The first-order valence-electron chi connectivity index (χ1n) is 2.45. The van der Waals surface area contributed by atoms with E-state index in [1.807, 2.05) is 4.93 Å². The van der Waals surface area contributed by atoms with Gasteiger partial charge in [0.25, 0.3) is 0 Å². The SMILES string of the molecule is CI.O=C(O)c1ccco1. The number of halogens is 1. The zero-order valence-electron chi connectivity index (χ0n) is 5.37. The molecule has 1 aromatic heterocycles. The molecule has 0 saturated heterocycles. The molecule has 0 spiro atoms. The van der Waals surface area contributed by atoms with Crippen LogP contribution in [0.25, 0.3) is 0 Å². The summed E-state index contributed by atoms with van der Waals surface area (Å²) >= 11 is 2.15. The summed E-state index contributed by atoms with van der Waals surface area (Å²) in [6.45, 7) is 0.